The molecule has 2 rings (SSSR count). The van der Waals surface area contributed by atoms with Gasteiger partial charge in [-0.1, -0.05) is 6.08 Å². The van der Waals surface area contributed by atoms with Crippen molar-refractivity contribution in [2.45, 2.75) is 13.3 Å². The highest BCUT2D eigenvalue weighted by Gasteiger charge is 2.28. The Morgan fingerprint density at radius 3 is 2.53 bits per heavy atom. The summed E-state index contributed by atoms with van der Waals surface area (Å²) in [6.45, 7) is 5.94. The molecule has 0 aromatic heterocycles. The first kappa shape index (κ1) is 13.3. The highest BCUT2D eigenvalue weighted by Crippen LogP contribution is 2.27. The van der Waals surface area contributed by atoms with Crippen molar-refractivity contribution < 1.29 is 9.59 Å². The lowest BCUT2D eigenvalue weighted by Gasteiger charge is -2.19. The summed E-state index contributed by atoms with van der Waals surface area (Å²) in [5, 5.41) is 0. The van der Waals surface area contributed by atoms with E-state index in [2.05, 4.69) is 6.58 Å². The summed E-state index contributed by atoms with van der Waals surface area (Å²) in [6.07, 6.45) is 2.36. The Balaban J connectivity index is 2.17. The van der Waals surface area contributed by atoms with Crippen LogP contribution < -0.4 is 9.80 Å². The molecule has 1 aromatic carbocycles. The quantitative estimate of drug-likeness (QED) is 0.780. The number of nitrogens with zero attached hydrogens (tertiary/aromatic N) is 2. The third-order valence-corrected chi connectivity index (χ3v) is 3.51. The summed E-state index contributed by atoms with van der Waals surface area (Å²) < 4.78 is 0. The SMILES string of the molecule is C=CC1CC(=O)N(c2ccc(N(C)C(C)=O)cc2)C1. The van der Waals surface area contributed by atoms with Gasteiger partial charge in [0, 0.05) is 44.2 Å². The summed E-state index contributed by atoms with van der Waals surface area (Å²) in [4.78, 5) is 26.5. The molecule has 0 spiro atoms. The summed E-state index contributed by atoms with van der Waals surface area (Å²) >= 11 is 0. The van der Waals surface area contributed by atoms with Crippen LogP contribution >= 0.6 is 0 Å². The highest BCUT2D eigenvalue weighted by molar-refractivity contribution is 5.96. The summed E-state index contributed by atoms with van der Waals surface area (Å²) in [7, 11) is 1.73. The minimum atomic E-state index is -0.0169. The molecule has 19 heavy (non-hydrogen) atoms. The topological polar surface area (TPSA) is 40.6 Å². The number of carbonyl (C=O) groups is 2. The summed E-state index contributed by atoms with van der Waals surface area (Å²) in [5.74, 6) is 0.335. The van der Waals surface area contributed by atoms with Gasteiger partial charge in [0.15, 0.2) is 0 Å². The molecule has 1 aliphatic heterocycles. The van der Waals surface area contributed by atoms with Crippen LogP contribution in [0.25, 0.3) is 0 Å². The Morgan fingerprint density at radius 1 is 1.42 bits per heavy atom. The third kappa shape index (κ3) is 2.67. The van der Waals surface area contributed by atoms with Gasteiger partial charge in [-0.3, -0.25) is 9.59 Å². The number of hydrogen-bond acceptors (Lipinski definition) is 2. The molecular formula is C15H18N2O2. The zero-order chi connectivity index (χ0) is 14.0. The molecule has 4 nitrogen and oxygen atoms in total. The number of amides is 2. The molecule has 0 saturated carbocycles. The lowest BCUT2D eigenvalue weighted by atomic mass is 10.1. The Bertz CT molecular complexity index is 507. The maximum absolute atomic E-state index is 11.9. The van der Waals surface area contributed by atoms with Crippen molar-refractivity contribution in [2.24, 2.45) is 5.92 Å². The molecule has 0 N–H and O–H groups in total. The van der Waals surface area contributed by atoms with Gasteiger partial charge in [0.05, 0.1) is 0 Å². The molecule has 0 aliphatic carbocycles. The first-order valence-corrected chi connectivity index (χ1v) is 6.30. The highest BCUT2D eigenvalue weighted by atomic mass is 16.2. The first-order valence-electron chi connectivity index (χ1n) is 6.30. The molecule has 1 fully saturated rings. The average molecular weight is 258 g/mol. The van der Waals surface area contributed by atoms with Crippen LogP contribution in [0.1, 0.15) is 13.3 Å². The van der Waals surface area contributed by atoms with E-state index < -0.39 is 0 Å². The van der Waals surface area contributed by atoms with Crippen LogP contribution in [0.15, 0.2) is 36.9 Å². The van der Waals surface area contributed by atoms with E-state index in [0.717, 1.165) is 11.4 Å². The normalized spacial score (nSPS) is 18.5. The standard InChI is InChI=1S/C15H18N2O2/c1-4-12-9-15(19)17(10-12)14-7-5-13(6-8-14)16(3)11(2)18/h4-8,12H,1,9-10H2,2-3H3. The van der Waals surface area contributed by atoms with Gasteiger partial charge >= 0.3 is 0 Å². The molecule has 0 radical (unpaired) electrons. The fourth-order valence-electron chi connectivity index (χ4n) is 2.18. The second kappa shape index (κ2) is 5.26. The molecule has 1 atom stereocenters. The van der Waals surface area contributed by atoms with Crippen LogP contribution in [-0.2, 0) is 9.59 Å². The maximum Gasteiger partial charge on any atom is 0.227 e. The van der Waals surface area contributed by atoms with E-state index in [1.54, 1.807) is 16.8 Å². The van der Waals surface area contributed by atoms with Gasteiger partial charge in [0.25, 0.3) is 0 Å². The van der Waals surface area contributed by atoms with Crippen LogP contribution in [0.2, 0.25) is 0 Å². The number of carbonyl (C=O) groups excluding carboxylic acids is 2. The van der Waals surface area contributed by atoms with Crippen molar-refractivity contribution in [2.75, 3.05) is 23.4 Å². The van der Waals surface area contributed by atoms with Gasteiger partial charge < -0.3 is 9.80 Å². The Kier molecular flexibility index (Phi) is 3.69. The van der Waals surface area contributed by atoms with E-state index in [1.165, 1.54) is 6.92 Å². The lowest BCUT2D eigenvalue weighted by molar-refractivity contribution is -0.117. The predicted octanol–water partition coefficient (Wildman–Crippen LogP) is 2.21. The average Bonchev–Trinajstić information content (AvgIpc) is 2.79. The molecule has 1 unspecified atom stereocenters. The van der Waals surface area contributed by atoms with Crippen LogP contribution in [0.4, 0.5) is 11.4 Å². The second-order valence-corrected chi connectivity index (χ2v) is 4.80. The van der Waals surface area contributed by atoms with Gasteiger partial charge in [-0.05, 0) is 24.3 Å². The van der Waals surface area contributed by atoms with Crippen LogP contribution in [-0.4, -0.2) is 25.4 Å². The Morgan fingerprint density at radius 2 is 2.05 bits per heavy atom. The van der Waals surface area contributed by atoms with Crippen molar-refractivity contribution >= 4 is 23.2 Å². The zero-order valence-corrected chi connectivity index (χ0v) is 11.3. The van der Waals surface area contributed by atoms with Crippen molar-refractivity contribution in [1.29, 1.82) is 0 Å². The van der Waals surface area contributed by atoms with E-state index in [9.17, 15) is 9.59 Å². The molecule has 0 bridgehead atoms. The molecule has 1 heterocycles. The van der Waals surface area contributed by atoms with E-state index in [0.29, 0.717) is 13.0 Å². The smallest absolute Gasteiger partial charge is 0.227 e. The van der Waals surface area contributed by atoms with E-state index in [4.69, 9.17) is 0 Å². The monoisotopic (exact) mass is 258 g/mol. The molecule has 100 valence electrons. The Labute approximate surface area is 113 Å². The van der Waals surface area contributed by atoms with Crippen LogP contribution in [0.5, 0.6) is 0 Å². The number of benzene rings is 1. The van der Waals surface area contributed by atoms with Gasteiger partial charge in [-0.25, -0.2) is 0 Å². The molecule has 2 amide bonds. The van der Waals surface area contributed by atoms with Crippen molar-refractivity contribution in [1.82, 2.24) is 0 Å². The van der Waals surface area contributed by atoms with Gasteiger partial charge in [-0.15, -0.1) is 6.58 Å². The van der Waals surface area contributed by atoms with E-state index in [1.807, 2.05) is 30.3 Å². The van der Waals surface area contributed by atoms with Gasteiger partial charge in [-0.2, -0.15) is 0 Å². The van der Waals surface area contributed by atoms with E-state index >= 15 is 0 Å². The van der Waals surface area contributed by atoms with Crippen molar-refractivity contribution in [3.8, 4) is 0 Å². The predicted molar refractivity (Wildman–Crippen MR) is 76.2 cm³/mol. The largest absolute Gasteiger partial charge is 0.316 e. The Hall–Kier alpha value is -2.10. The molecule has 4 heteroatoms. The molecule has 1 saturated heterocycles. The summed E-state index contributed by atoms with van der Waals surface area (Å²) in [5.41, 5.74) is 1.69. The minimum Gasteiger partial charge on any atom is -0.316 e. The van der Waals surface area contributed by atoms with Crippen molar-refractivity contribution in [3.05, 3.63) is 36.9 Å². The summed E-state index contributed by atoms with van der Waals surface area (Å²) in [6, 6.07) is 7.45. The van der Waals surface area contributed by atoms with Crippen LogP contribution in [0, 0.1) is 5.92 Å². The fraction of sp³-hybridized carbons (Fsp3) is 0.333. The fourth-order valence-corrected chi connectivity index (χ4v) is 2.18. The second-order valence-electron chi connectivity index (χ2n) is 4.80. The molecule has 1 aliphatic rings. The minimum absolute atomic E-state index is 0.0169. The first-order chi connectivity index (χ1) is 9.02. The number of rotatable bonds is 3. The lowest BCUT2D eigenvalue weighted by Crippen LogP contribution is -2.25. The van der Waals surface area contributed by atoms with Crippen LogP contribution in [0.3, 0.4) is 0 Å². The van der Waals surface area contributed by atoms with Gasteiger partial charge in [0.1, 0.15) is 0 Å². The zero-order valence-electron chi connectivity index (χ0n) is 11.3. The van der Waals surface area contributed by atoms with E-state index in [-0.39, 0.29) is 17.7 Å². The van der Waals surface area contributed by atoms with Crippen molar-refractivity contribution in [3.63, 3.8) is 0 Å². The number of hydrogen-bond donors (Lipinski definition) is 0. The maximum atomic E-state index is 11.9. The molecular weight excluding hydrogens is 240 g/mol. The molecule has 1 aromatic rings. The number of anilines is 2. The van der Waals surface area contributed by atoms with Gasteiger partial charge in [0.2, 0.25) is 11.8 Å². The third-order valence-electron chi connectivity index (χ3n) is 3.51.